The Morgan fingerprint density at radius 1 is 1.20 bits per heavy atom. The Balaban J connectivity index is 1.81. The molecule has 4 atom stereocenters. The van der Waals surface area contributed by atoms with Gasteiger partial charge in [0, 0.05) is 12.6 Å². The molecular weight excluding hydrogens is 260 g/mol. The SMILES string of the molecule is CC(NC(=O)NC1CCCCC1C(=O)O)C1CCCO1. The van der Waals surface area contributed by atoms with Crippen LogP contribution < -0.4 is 10.6 Å². The van der Waals surface area contributed by atoms with E-state index < -0.39 is 11.9 Å². The van der Waals surface area contributed by atoms with Gasteiger partial charge in [0.15, 0.2) is 0 Å². The van der Waals surface area contributed by atoms with Crippen LogP contribution in [0.5, 0.6) is 0 Å². The fraction of sp³-hybridized carbons (Fsp3) is 0.857. The van der Waals surface area contributed by atoms with Crippen LogP contribution in [0.1, 0.15) is 45.4 Å². The van der Waals surface area contributed by atoms with Gasteiger partial charge in [-0.2, -0.15) is 0 Å². The molecule has 1 saturated heterocycles. The van der Waals surface area contributed by atoms with E-state index in [2.05, 4.69) is 10.6 Å². The lowest BCUT2D eigenvalue weighted by Gasteiger charge is -2.30. The lowest BCUT2D eigenvalue weighted by atomic mass is 9.84. The summed E-state index contributed by atoms with van der Waals surface area (Å²) in [6.45, 7) is 2.67. The third-order valence-corrected chi connectivity index (χ3v) is 4.28. The lowest BCUT2D eigenvalue weighted by Crippen LogP contribution is -2.52. The third-order valence-electron chi connectivity index (χ3n) is 4.28. The van der Waals surface area contributed by atoms with Crippen LogP contribution in [0.25, 0.3) is 0 Å². The van der Waals surface area contributed by atoms with E-state index in [0.717, 1.165) is 38.7 Å². The van der Waals surface area contributed by atoms with E-state index in [1.165, 1.54) is 0 Å². The number of hydrogen-bond acceptors (Lipinski definition) is 3. The lowest BCUT2D eigenvalue weighted by molar-refractivity contribution is -0.143. The summed E-state index contributed by atoms with van der Waals surface area (Å²) >= 11 is 0. The fourth-order valence-corrected chi connectivity index (χ4v) is 3.11. The average Bonchev–Trinajstić information content (AvgIpc) is 2.92. The molecule has 2 rings (SSSR count). The largest absolute Gasteiger partial charge is 0.481 e. The van der Waals surface area contributed by atoms with Crippen LogP contribution in [0.15, 0.2) is 0 Å². The number of amides is 2. The van der Waals surface area contributed by atoms with E-state index in [4.69, 9.17) is 4.74 Å². The molecule has 0 aromatic carbocycles. The molecule has 3 N–H and O–H groups in total. The molecule has 1 aliphatic carbocycles. The van der Waals surface area contributed by atoms with Crippen LogP contribution in [-0.4, -0.2) is 41.9 Å². The second kappa shape index (κ2) is 6.92. The molecule has 0 aromatic rings. The number of nitrogens with one attached hydrogen (secondary N) is 2. The van der Waals surface area contributed by atoms with Crippen molar-refractivity contribution in [1.82, 2.24) is 10.6 Å². The summed E-state index contributed by atoms with van der Waals surface area (Å²) in [4.78, 5) is 23.2. The number of ether oxygens (including phenoxy) is 1. The Kier molecular flexibility index (Phi) is 5.23. The Labute approximate surface area is 119 Å². The number of carboxylic acid groups (broad SMARTS) is 1. The monoisotopic (exact) mass is 284 g/mol. The molecule has 114 valence electrons. The minimum Gasteiger partial charge on any atom is -0.481 e. The van der Waals surface area contributed by atoms with Crippen molar-refractivity contribution < 1.29 is 19.4 Å². The highest BCUT2D eigenvalue weighted by molar-refractivity contribution is 5.77. The normalized spacial score (nSPS) is 31.6. The van der Waals surface area contributed by atoms with Gasteiger partial charge in [0.25, 0.3) is 0 Å². The standard InChI is InChI=1S/C14H24N2O4/c1-9(12-7-4-8-20-12)15-14(19)16-11-6-3-2-5-10(11)13(17)18/h9-12H,2-8H2,1H3,(H,17,18)(H2,15,16,19). The van der Waals surface area contributed by atoms with Crippen molar-refractivity contribution in [2.24, 2.45) is 5.92 Å². The first-order valence-electron chi connectivity index (χ1n) is 7.49. The summed E-state index contributed by atoms with van der Waals surface area (Å²) in [5, 5.41) is 14.9. The van der Waals surface area contributed by atoms with Gasteiger partial charge in [0.05, 0.1) is 18.1 Å². The predicted molar refractivity (Wildman–Crippen MR) is 73.5 cm³/mol. The molecule has 0 aromatic heterocycles. The summed E-state index contributed by atoms with van der Waals surface area (Å²) in [6.07, 6.45) is 5.33. The zero-order chi connectivity index (χ0) is 14.5. The fourth-order valence-electron chi connectivity index (χ4n) is 3.11. The highest BCUT2D eigenvalue weighted by atomic mass is 16.5. The van der Waals surface area contributed by atoms with Gasteiger partial charge in [-0.1, -0.05) is 12.8 Å². The third kappa shape index (κ3) is 3.85. The topological polar surface area (TPSA) is 87.7 Å². The van der Waals surface area contributed by atoms with Gasteiger partial charge in [-0.15, -0.1) is 0 Å². The van der Waals surface area contributed by atoms with Crippen molar-refractivity contribution in [2.45, 2.75) is 63.6 Å². The van der Waals surface area contributed by atoms with Crippen LogP contribution in [0.3, 0.4) is 0 Å². The van der Waals surface area contributed by atoms with Crippen molar-refractivity contribution in [3.05, 3.63) is 0 Å². The molecule has 0 bridgehead atoms. The van der Waals surface area contributed by atoms with Crippen molar-refractivity contribution in [2.75, 3.05) is 6.61 Å². The number of carbonyl (C=O) groups excluding carboxylic acids is 1. The first kappa shape index (κ1) is 15.1. The van der Waals surface area contributed by atoms with E-state index in [1.54, 1.807) is 0 Å². The molecule has 6 nitrogen and oxygen atoms in total. The molecule has 0 spiro atoms. The molecule has 4 unspecified atom stereocenters. The Morgan fingerprint density at radius 2 is 1.95 bits per heavy atom. The molecule has 1 saturated carbocycles. The summed E-state index contributed by atoms with van der Waals surface area (Å²) < 4.78 is 5.53. The Bertz CT molecular complexity index is 355. The van der Waals surface area contributed by atoms with E-state index in [-0.39, 0.29) is 24.2 Å². The number of urea groups is 1. The molecule has 6 heteroatoms. The average molecular weight is 284 g/mol. The van der Waals surface area contributed by atoms with E-state index in [0.29, 0.717) is 6.42 Å². The van der Waals surface area contributed by atoms with Crippen molar-refractivity contribution in [3.63, 3.8) is 0 Å². The number of carbonyl (C=O) groups is 2. The molecule has 20 heavy (non-hydrogen) atoms. The summed E-state index contributed by atoms with van der Waals surface area (Å²) in [5.41, 5.74) is 0. The maximum Gasteiger partial charge on any atom is 0.315 e. The van der Waals surface area contributed by atoms with E-state index >= 15 is 0 Å². The molecular formula is C14H24N2O4. The van der Waals surface area contributed by atoms with Gasteiger partial charge in [0.1, 0.15) is 0 Å². The summed E-state index contributed by atoms with van der Waals surface area (Å²) in [6, 6.07) is -0.603. The molecule has 2 aliphatic rings. The number of carboxylic acids is 1. The van der Waals surface area contributed by atoms with Crippen LogP contribution in [-0.2, 0) is 9.53 Å². The smallest absolute Gasteiger partial charge is 0.315 e. The molecule has 2 fully saturated rings. The second-order valence-electron chi connectivity index (χ2n) is 5.79. The van der Waals surface area contributed by atoms with Gasteiger partial charge in [-0.25, -0.2) is 4.79 Å². The number of aliphatic carboxylic acids is 1. The van der Waals surface area contributed by atoms with Crippen LogP contribution >= 0.6 is 0 Å². The predicted octanol–water partition coefficient (Wildman–Crippen LogP) is 1.50. The highest BCUT2D eigenvalue weighted by Crippen LogP contribution is 2.24. The van der Waals surface area contributed by atoms with Gasteiger partial charge in [0.2, 0.25) is 0 Å². The molecule has 1 aliphatic heterocycles. The number of rotatable bonds is 4. The van der Waals surface area contributed by atoms with Gasteiger partial charge in [-0.05, 0) is 32.6 Å². The number of hydrogen-bond donors (Lipinski definition) is 3. The Morgan fingerprint density at radius 3 is 2.60 bits per heavy atom. The maximum absolute atomic E-state index is 12.0. The minimum atomic E-state index is -0.817. The van der Waals surface area contributed by atoms with Crippen LogP contribution in [0, 0.1) is 5.92 Å². The second-order valence-corrected chi connectivity index (χ2v) is 5.79. The van der Waals surface area contributed by atoms with Gasteiger partial charge >= 0.3 is 12.0 Å². The molecule has 1 heterocycles. The van der Waals surface area contributed by atoms with Gasteiger partial charge < -0.3 is 20.5 Å². The van der Waals surface area contributed by atoms with E-state index in [9.17, 15) is 14.7 Å². The van der Waals surface area contributed by atoms with Crippen molar-refractivity contribution >= 4 is 12.0 Å². The van der Waals surface area contributed by atoms with Crippen molar-refractivity contribution in [3.8, 4) is 0 Å². The summed E-state index contributed by atoms with van der Waals surface area (Å²) in [7, 11) is 0. The van der Waals surface area contributed by atoms with Gasteiger partial charge in [-0.3, -0.25) is 4.79 Å². The van der Waals surface area contributed by atoms with Crippen LogP contribution in [0.2, 0.25) is 0 Å². The first-order chi connectivity index (χ1) is 9.58. The molecule has 0 radical (unpaired) electrons. The van der Waals surface area contributed by atoms with E-state index in [1.807, 2.05) is 6.92 Å². The van der Waals surface area contributed by atoms with Crippen molar-refractivity contribution in [1.29, 1.82) is 0 Å². The Hall–Kier alpha value is -1.30. The zero-order valence-corrected chi connectivity index (χ0v) is 11.9. The maximum atomic E-state index is 12.0. The van der Waals surface area contributed by atoms with Crippen LogP contribution in [0.4, 0.5) is 4.79 Å². The summed E-state index contributed by atoms with van der Waals surface area (Å²) in [5.74, 6) is -1.28. The highest BCUT2D eigenvalue weighted by Gasteiger charge is 2.32. The first-order valence-corrected chi connectivity index (χ1v) is 7.49. The zero-order valence-electron chi connectivity index (χ0n) is 11.9. The minimum absolute atomic E-state index is 0.0515. The quantitative estimate of drug-likeness (QED) is 0.730. The molecule has 2 amide bonds.